The minimum Gasteiger partial charge on any atom is -0.276 e. The molecule has 2 aromatic rings. The van der Waals surface area contributed by atoms with E-state index < -0.39 is 0 Å². The molecule has 0 radical (unpaired) electrons. The molecular weight excluding hydrogens is 162 g/mol. The number of hydrogen-bond acceptors (Lipinski definition) is 2. The third kappa shape index (κ3) is 1.69. The van der Waals surface area contributed by atoms with E-state index in [0.717, 1.165) is 23.1 Å². The lowest BCUT2D eigenvalue weighted by Gasteiger charge is -2.02. The van der Waals surface area contributed by atoms with E-state index in [0.29, 0.717) is 5.92 Å². The Morgan fingerprint density at radius 3 is 3.00 bits per heavy atom. The molecule has 0 aliphatic carbocycles. The molecule has 0 atom stereocenters. The second kappa shape index (κ2) is 3.17. The Balaban J connectivity index is 2.37. The molecule has 0 fully saturated rings. The van der Waals surface area contributed by atoms with E-state index in [-0.39, 0.29) is 0 Å². The maximum atomic E-state index is 4.48. The number of aromatic nitrogens is 3. The van der Waals surface area contributed by atoms with Gasteiger partial charge in [-0.3, -0.25) is 5.10 Å². The number of hydrogen-bond donors (Lipinski definition) is 1. The molecule has 13 heavy (non-hydrogen) atoms. The Morgan fingerprint density at radius 1 is 1.38 bits per heavy atom. The zero-order valence-corrected chi connectivity index (χ0v) is 7.91. The van der Waals surface area contributed by atoms with Crippen molar-refractivity contribution in [3.8, 4) is 0 Å². The highest BCUT2D eigenvalue weighted by Gasteiger charge is 2.01. The molecular formula is C10H13N3. The Bertz CT molecular complexity index is 403. The molecule has 0 aliphatic rings. The lowest BCUT2D eigenvalue weighted by Crippen LogP contribution is -1.96. The zero-order valence-electron chi connectivity index (χ0n) is 7.91. The van der Waals surface area contributed by atoms with Crippen LogP contribution in [0.1, 0.15) is 19.5 Å². The standard InChI is InChI=1S/C10H13N3/c1-7(2)5-8-3-4-9-10(12-8)6-11-13-9/h3-4,6-7H,5H2,1-2H3,(H,11,13). The third-order valence-electron chi connectivity index (χ3n) is 1.97. The van der Waals surface area contributed by atoms with E-state index in [1.165, 1.54) is 0 Å². The summed E-state index contributed by atoms with van der Waals surface area (Å²) in [5.41, 5.74) is 3.11. The highest BCUT2D eigenvalue weighted by molar-refractivity contribution is 5.72. The molecule has 0 saturated heterocycles. The van der Waals surface area contributed by atoms with Crippen LogP contribution in [0, 0.1) is 5.92 Å². The predicted octanol–water partition coefficient (Wildman–Crippen LogP) is 2.16. The monoisotopic (exact) mass is 175 g/mol. The summed E-state index contributed by atoms with van der Waals surface area (Å²) in [5, 5.41) is 6.82. The molecule has 2 aromatic heterocycles. The average Bonchev–Trinajstić information content (AvgIpc) is 2.49. The quantitative estimate of drug-likeness (QED) is 0.759. The number of aromatic amines is 1. The molecule has 0 spiro atoms. The number of H-pyrrole nitrogens is 1. The fourth-order valence-corrected chi connectivity index (χ4v) is 1.40. The Hall–Kier alpha value is -1.38. The molecule has 2 rings (SSSR count). The Labute approximate surface area is 77.2 Å². The van der Waals surface area contributed by atoms with Gasteiger partial charge in [0.15, 0.2) is 0 Å². The maximum Gasteiger partial charge on any atom is 0.108 e. The summed E-state index contributed by atoms with van der Waals surface area (Å²) in [4.78, 5) is 4.48. The number of fused-ring (bicyclic) bond motifs is 1. The van der Waals surface area contributed by atoms with E-state index in [2.05, 4.69) is 35.1 Å². The molecule has 0 aliphatic heterocycles. The number of pyridine rings is 1. The topological polar surface area (TPSA) is 41.6 Å². The third-order valence-corrected chi connectivity index (χ3v) is 1.97. The van der Waals surface area contributed by atoms with Crippen LogP contribution in [0.4, 0.5) is 0 Å². The lowest BCUT2D eigenvalue weighted by atomic mass is 10.1. The summed E-state index contributed by atoms with van der Waals surface area (Å²) in [5.74, 6) is 0.650. The number of rotatable bonds is 2. The van der Waals surface area contributed by atoms with E-state index in [9.17, 15) is 0 Å². The Kier molecular flexibility index (Phi) is 2.00. The van der Waals surface area contributed by atoms with Gasteiger partial charge in [0.2, 0.25) is 0 Å². The second-order valence-electron chi connectivity index (χ2n) is 3.70. The van der Waals surface area contributed by atoms with Gasteiger partial charge in [0, 0.05) is 5.69 Å². The van der Waals surface area contributed by atoms with Crippen molar-refractivity contribution in [2.75, 3.05) is 0 Å². The molecule has 68 valence electrons. The first kappa shape index (κ1) is 8.23. The van der Waals surface area contributed by atoms with Gasteiger partial charge >= 0.3 is 0 Å². The smallest absolute Gasteiger partial charge is 0.108 e. The van der Waals surface area contributed by atoms with Gasteiger partial charge in [-0.2, -0.15) is 5.10 Å². The summed E-state index contributed by atoms with van der Waals surface area (Å²) < 4.78 is 0. The highest BCUT2D eigenvalue weighted by atomic mass is 15.1. The van der Waals surface area contributed by atoms with Gasteiger partial charge in [0.1, 0.15) is 5.52 Å². The molecule has 0 saturated carbocycles. The van der Waals surface area contributed by atoms with Crippen LogP contribution in [0.25, 0.3) is 11.0 Å². The van der Waals surface area contributed by atoms with Crippen LogP contribution in [0.2, 0.25) is 0 Å². The van der Waals surface area contributed by atoms with Crippen molar-refractivity contribution >= 4 is 11.0 Å². The highest BCUT2D eigenvalue weighted by Crippen LogP contribution is 2.11. The van der Waals surface area contributed by atoms with Gasteiger partial charge in [-0.05, 0) is 24.5 Å². The largest absolute Gasteiger partial charge is 0.276 e. The lowest BCUT2D eigenvalue weighted by molar-refractivity contribution is 0.637. The van der Waals surface area contributed by atoms with Crippen LogP contribution in [-0.2, 0) is 6.42 Å². The summed E-state index contributed by atoms with van der Waals surface area (Å²) in [7, 11) is 0. The Morgan fingerprint density at radius 2 is 2.23 bits per heavy atom. The van der Waals surface area contributed by atoms with E-state index >= 15 is 0 Å². The first-order valence-corrected chi connectivity index (χ1v) is 4.54. The van der Waals surface area contributed by atoms with Gasteiger partial charge in [0.05, 0.1) is 11.7 Å². The normalized spacial score (nSPS) is 11.3. The van der Waals surface area contributed by atoms with Crippen molar-refractivity contribution in [1.29, 1.82) is 0 Å². The molecule has 0 unspecified atom stereocenters. The van der Waals surface area contributed by atoms with Crippen LogP contribution in [0.5, 0.6) is 0 Å². The molecule has 3 heteroatoms. The van der Waals surface area contributed by atoms with Crippen LogP contribution < -0.4 is 0 Å². The van der Waals surface area contributed by atoms with Crippen molar-refractivity contribution in [3.05, 3.63) is 24.0 Å². The number of nitrogens with one attached hydrogen (secondary N) is 1. The maximum absolute atomic E-state index is 4.48. The van der Waals surface area contributed by atoms with E-state index in [4.69, 9.17) is 0 Å². The average molecular weight is 175 g/mol. The van der Waals surface area contributed by atoms with Crippen molar-refractivity contribution in [2.45, 2.75) is 20.3 Å². The van der Waals surface area contributed by atoms with Crippen LogP contribution in [0.3, 0.4) is 0 Å². The van der Waals surface area contributed by atoms with Crippen molar-refractivity contribution in [1.82, 2.24) is 15.2 Å². The van der Waals surface area contributed by atoms with Crippen molar-refractivity contribution < 1.29 is 0 Å². The molecule has 1 N–H and O–H groups in total. The SMILES string of the molecule is CC(C)Cc1ccc2[nH]ncc2n1. The second-order valence-corrected chi connectivity index (χ2v) is 3.70. The molecule has 0 aromatic carbocycles. The first-order valence-electron chi connectivity index (χ1n) is 4.54. The predicted molar refractivity (Wildman–Crippen MR) is 52.4 cm³/mol. The summed E-state index contributed by atoms with van der Waals surface area (Å²) in [6.07, 6.45) is 2.79. The van der Waals surface area contributed by atoms with Gasteiger partial charge in [-0.25, -0.2) is 4.98 Å². The van der Waals surface area contributed by atoms with Crippen LogP contribution in [0.15, 0.2) is 18.3 Å². The van der Waals surface area contributed by atoms with E-state index in [1.54, 1.807) is 6.20 Å². The fraction of sp³-hybridized carbons (Fsp3) is 0.400. The van der Waals surface area contributed by atoms with Gasteiger partial charge < -0.3 is 0 Å². The molecule has 0 bridgehead atoms. The zero-order chi connectivity index (χ0) is 9.26. The molecule has 3 nitrogen and oxygen atoms in total. The molecule has 0 amide bonds. The fourth-order valence-electron chi connectivity index (χ4n) is 1.40. The van der Waals surface area contributed by atoms with Gasteiger partial charge in [-0.15, -0.1) is 0 Å². The van der Waals surface area contributed by atoms with Gasteiger partial charge in [0.25, 0.3) is 0 Å². The van der Waals surface area contributed by atoms with E-state index in [1.807, 2.05) is 6.07 Å². The van der Waals surface area contributed by atoms with Gasteiger partial charge in [-0.1, -0.05) is 13.8 Å². The summed E-state index contributed by atoms with van der Waals surface area (Å²) >= 11 is 0. The number of nitrogens with zero attached hydrogens (tertiary/aromatic N) is 2. The first-order chi connectivity index (χ1) is 6.25. The van der Waals surface area contributed by atoms with Crippen LogP contribution in [-0.4, -0.2) is 15.2 Å². The molecule has 2 heterocycles. The van der Waals surface area contributed by atoms with Crippen molar-refractivity contribution in [2.24, 2.45) is 5.92 Å². The summed E-state index contributed by atoms with van der Waals surface area (Å²) in [6.45, 7) is 4.39. The minimum atomic E-state index is 0.650. The summed E-state index contributed by atoms with van der Waals surface area (Å²) in [6, 6.07) is 4.09. The van der Waals surface area contributed by atoms with Crippen molar-refractivity contribution in [3.63, 3.8) is 0 Å². The minimum absolute atomic E-state index is 0.650. The van der Waals surface area contributed by atoms with Crippen LogP contribution >= 0.6 is 0 Å².